The van der Waals surface area contributed by atoms with Gasteiger partial charge in [0.1, 0.15) is 16.7 Å². The summed E-state index contributed by atoms with van der Waals surface area (Å²) >= 11 is 5.99. The van der Waals surface area contributed by atoms with Gasteiger partial charge < -0.3 is 10.6 Å². The van der Waals surface area contributed by atoms with E-state index in [1.54, 1.807) is 0 Å². The standard InChI is InChI=1S/C14H17ClN6O2S/c1-21-3-2-9(8-21)20-24(22,23)10-4-11(19-13(15)5-10)12-6-18-14(16)7-17-12/h4-7,9,20H,2-3,8H2,1H3,(H2,16,18)/t9-/m0/s1. The molecule has 1 aliphatic rings. The SMILES string of the molecule is CN1CC[C@H](NS(=O)(=O)c2cc(Cl)nc(-c3cnc(N)cn3)c2)C1. The van der Waals surface area contributed by atoms with Crippen LogP contribution in [-0.2, 0) is 10.0 Å². The summed E-state index contributed by atoms with van der Waals surface area (Å²) in [6.45, 7) is 1.53. The molecule has 1 aliphatic heterocycles. The van der Waals surface area contributed by atoms with Gasteiger partial charge in [-0.15, -0.1) is 0 Å². The van der Waals surface area contributed by atoms with E-state index in [0.717, 1.165) is 13.0 Å². The fraction of sp³-hybridized carbons (Fsp3) is 0.357. The molecule has 0 aliphatic carbocycles. The Kier molecular flexibility index (Phi) is 4.68. The highest BCUT2D eigenvalue weighted by molar-refractivity contribution is 7.89. The van der Waals surface area contributed by atoms with E-state index in [2.05, 4.69) is 24.6 Å². The van der Waals surface area contributed by atoms with Gasteiger partial charge in [-0.25, -0.2) is 28.1 Å². The van der Waals surface area contributed by atoms with E-state index in [1.165, 1.54) is 24.5 Å². The minimum absolute atomic E-state index is 0.0469. The lowest BCUT2D eigenvalue weighted by atomic mass is 10.3. The molecule has 2 aromatic heterocycles. The predicted octanol–water partition coefficient (Wildman–Crippen LogP) is 0.757. The van der Waals surface area contributed by atoms with Crippen molar-refractivity contribution in [2.75, 3.05) is 25.9 Å². The lowest BCUT2D eigenvalue weighted by Gasteiger charge is -2.14. The Balaban J connectivity index is 1.91. The number of nitrogens with zero attached hydrogens (tertiary/aromatic N) is 4. The molecule has 1 fully saturated rings. The highest BCUT2D eigenvalue weighted by Gasteiger charge is 2.26. The van der Waals surface area contributed by atoms with E-state index in [4.69, 9.17) is 17.3 Å². The van der Waals surface area contributed by atoms with Gasteiger partial charge in [-0.1, -0.05) is 11.6 Å². The zero-order valence-electron chi connectivity index (χ0n) is 13.0. The average Bonchev–Trinajstić information content (AvgIpc) is 2.91. The minimum atomic E-state index is -3.70. The number of sulfonamides is 1. The largest absolute Gasteiger partial charge is 0.382 e. The van der Waals surface area contributed by atoms with Gasteiger partial charge in [0.2, 0.25) is 10.0 Å². The van der Waals surface area contributed by atoms with Crippen molar-refractivity contribution in [3.05, 3.63) is 29.7 Å². The van der Waals surface area contributed by atoms with Crippen LogP contribution in [0.2, 0.25) is 5.15 Å². The van der Waals surface area contributed by atoms with Crippen LogP contribution in [-0.4, -0.2) is 54.4 Å². The first-order valence-electron chi connectivity index (χ1n) is 7.30. The Hall–Kier alpha value is -1.81. The molecule has 0 radical (unpaired) electrons. The second kappa shape index (κ2) is 6.60. The molecule has 3 N–H and O–H groups in total. The van der Waals surface area contributed by atoms with Crippen LogP contribution in [0.1, 0.15) is 6.42 Å². The van der Waals surface area contributed by atoms with E-state index in [1.807, 2.05) is 7.05 Å². The van der Waals surface area contributed by atoms with Crippen molar-refractivity contribution >= 4 is 27.4 Å². The molecule has 2 aromatic rings. The van der Waals surface area contributed by atoms with E-state index < -0.39 is 10.0 Å². The second-order valence-electron chi connectivity index (χ2n) is 5.71. The van der Waals surface area contributed by atoms with E-state index >= 15 is 0 Å². The number of hydrogen-bond donors (Lipinski definition) is 2. The van der Waals surface area contributed by atoms with Crippen molar-refractivity contribution < 1.29 is 8.42 Å². The molecule has 1 atom stereocenters. The first-order chi connectivity index (χ1) is 11.3. The maximum atomic E-state index is 12.6. The predicted molar refractivity (Wildman–Crippen MR) is 90.9 cm³/mol. The summed E-state index contributed by atoms with van der Waals surface area (Å²) in [4.78, 5) is 14.3. The Morgan fingerprint density at radius 3 is 2.71 bits per heavy atom. The topological polar surface area (TPSA) is 114 Å². The van der Waals surface area contributed by atoms with Crippen LogP contribution < -0.4 is 10.5 Å². The lowest BCUT2D eigenvalue weighted by molar-refractivity contribution is 0.407. The van der Waals surface area contributed by atoms with Gasteiger partial charge in [-0.2, -0.15) is 0 Å². The normalized spacial score (nSPS) is 18.8. The summed E-state index contributed by atoms with van der Waals surface area (Å²) in [6, 6.07) is 2.62. The summed E-state index contributed by atoms with van der Waals surface area (Å²) in [5.74, 6) is 0.264. The van der Waals surface area contributed by atoms with Crippen LogP contribution >= 0.6 is 11.6 Å². The highest BCUT2D eigenvalue weighted by atomic mass is 35.5. The van der Waals surface area contributed by atoms with Gasteiger partial charge in [-0.3, -0.25) is 0 Å². The number of pyridine rings is 1. The van der Waals surface area contributed by atoms with Gasteiger partial charge in [-0.05, 0) is 32.1 Å². The first kappa shape index (κ1) is 17.0. The summed E-state index contributed by atoms with van der Waals surface area (Å²) in [7, 11) is -1.75. The Labute approximate surface area is 145 Å². The fourth-order valence-electron chi connectivity index (χ4n) is 2.55. The van der Waals surface area contributed by atoms with Crippen molar-refractivity contribution in [1.82, 2.24) is 24.6 Å². The molecular weight excluding hydrogens is 352 g/mol. The number of halogens is 1. The number of likely N-dealkylation sites (tertiary alicyclic amines) is 1. The second-order valence-corrected chi connectivity index (χ2v) is 7.81. The molecule has 3 heterocycles. The molecule has 24 heavy (non-hydrogen) atoms. The third kappa shape index (κ3) is 3.81. The fourth-order valence-corrected chi connectivity index (χ4v) is 4.12. The molecule has 10 heteroatoms. The molecule has 0 bridgehead atoms. The molecule has 0 saturated carbocycles. The molecule has 3 rings (SSSR count). The number of rotatable bonds is 4. The van der Waals surface area contributed by atoms with Crippen LogP contribution in [0.4, 0.5) is 5.82 Å². The molecule has 0 unspecified atom stereocenters. The van der Waals surface area contributed by atoms with Crippen molar-refractivity contribution in [2.45, 2.75) is 17.4 Å². The average molecular weight is 369 g/mol. The summed E-state index contributed by atoms with van der Waals surface area (Å²) in [5.41, 5.74) is 6.22. The molecule has 0 amide bonds. The van der Waals surface area contributed by atoms with Crippen LogP contribution in [0.5, 0.6) is 0 Å². The van der Waals surface area contributed by atoms with Gasteiger partial charge in [0.25, 0.3) is 0 Å². The van der Waals surface area contributed by atoms with Crippen molar-refractivity contribution in [2.24, 2.45) is 0 Å². The zero-order chi connectivity index (χ0) is 17.3. The molecule has 128 valence electrons. The van der Waals surface area contributed by atoms with Gasteiger partial charge >= 0.3 is 0 Å². The molecule has 1 saturated heterocycles. The zero-order valence-corrected chi connectivity index (χ0v) is 14.5. The van der Waals surface area contributed by atoms with Crippen LogP contribution in [0, 0.1) is 0 Å². The monoisotopic (exact) mass is 368 g/mol. The molecule has 8 nitrogen and oxygen atoms in total. The first-order valence-corrected chi connectivity index (χ1v) is 9.16. The van der Waals surface area contributed by atoms with Crippen LogP contribution in [0.3, 0.4) is 0 Å². The highest BCUT2D eigenvalue weighted by Crippen LogP contribution is 2.23. The quantitative estimate of drug-likeness (QED) is 0.765. The summed E-state index contributed by atoms with van der Waals surface area (Å²) in [5, 5.41) is 0.0649. The van der Waals surface area contributed by atoms with E-state index in [9.17, 15) is 8.42 Å². The lowest BCUT2D eigenvalue weighted by Crippen LogP contribution is -2.36. The molecular formula is C14H17ClN6O2S. The third-order valence-corrected chi connectivity index (χ3v) is 5.42. The van der Waals surface area contributed by atoms with Crippen LogP contribution in [0.25, 0.3) is 11.4 Å². The number of nitrogens with one attached hydrogen (secondary N) is 1. The summed E-state index contributed by atoms with van der Waals surface area (Å²) < 4.78 is 27.9. The van der Waals surface area contributed by atoms with Crippen LogP contribution in [0.15, 0.2) is 29.4 Å². The van der Waals surface area contributed by atoms with Gasteiger partial charge in [0.05, 0.1) is 23.0 Å². The third-order valence-electron chi connectivity index (χ3n) is 3.73. The number of aromatic nitrogens is 3. The summed E-state index contributed by atoms with van der Waals surface area (Å²) in [6.07, 6.45) is 3.56. The number of likely N-dealkylation sites (N-methyl/N-ethyl adjacent to an activating group) is 1. The number of nitrogens with two attached hydrogens (primary N) is 1. The number of anilines is 1. The van der Waals surface area contributed by atoms with Crippen molar-refractivity contribution in [1.29, 1.82) is 0 Å². The van der Waals surface area contributed by atoms with E-state index in [-0.39, 0.29) is 21.9 Å². The Morgan fingerprint density at radius 1 is 1.29 bits per heavy atom. The smallest absolute Gasteiger partial charge is 0.241 e. The molecule has 0 aromatic carbocycles. The maximum Gasteiger partial charge on any atom is 0.241 e. The van der Waals surface area contributed by atoms with Gasteiger partial charge in [0, 0.05) is 12.6 Å². The Morgan fingerprint density at radius 2 is 2.08 bits per heavy atom. The van der Waals surface area contributed by atoms with Gasteiger partial charge in [0.15, 0.2) is 0 Å². The maximum absolute atomic E-state index is 12.6. The Bertz CT molecular complexity index is 843. The van der Waals surface area contributed by atoms with Crippen molar-refractivity contribution in [3.8, 4) is 11.4 Å². The van der Waals surface area contributed by atoms with E-state index in [0.29, 0.717) is 17.9 Å². The van der Waals surface area contributed by atoms with Crippen molar-refractivity contribution in [3.63, 3.8) is 0 Å². The minimum Gasteiger partial charge on any atom is -0.382 e. The number of nitrogen functional groups attached to an aromatic ring is 1. The molecule has 0 spiro atoms. The number of hydrogen-bond acceptors (Lipinski definition) is 7.